The third-order valence-electron chi connectivity index (χ3n) is 7.32. The first-order valence-corrected chi connectivity index (χ1v) is 12.0. The molecule has 6 rings (SSSR count). The normalized spacial score (nSPS) is 18.2. The van der Waals surface area contributed by atoms with Gasteiger partial charge in [-0.05, 0) is 67.1 Å². The Balaban J connectivity index is 1.81. The topological polar surface area (TPSA) is 47.6 Å². The van der Waals surface area contributed by atoms with Gasteiger partial charge in [0.15, 0.2) is 5.82 Å². The minimum atomic E-state index is -0.765. The van der Waals surface area contributed by atoms with Gasteiger partial charge >= 0.3 is 0 Å². The van der Waals surface area contributed by atoms with Crippen LogP contribution in [0.2, 0.25) is 0 Å². The smallest absolute Gasteiger partial charge is 0.158 e. The summed E-state index contributed by atoms with van der Waals surface area (Å²) in [5.41, 5.74) is 4.98. The molecule has 0 saturated heterocycles. The van der Waals surface area contributed by atoms with Crippen LogP contribution in [0.4, 0.5) is 4.39 Å². The summed E-state index contributed by atoms with van der Waals surface area (Å²) >= 11 is 0. The highest BCUT2D eigenvalue weighted by Gasteiger charge is 2.34. The zero-order valence-electron chi connectivity index (χ0n) is 19.7. The zero-order chi connectivity index (χ0) is 24.8. The molecular weight excluding hydrogens is 443 g/mol. The fourth-order valence-electron chi connectivity index (χ4n) is 5.78. The van der Waals surface area contributed by atoms with Crippen LogP contribution >= 0.6 is 0 Å². The minimum Gasteiger partial charge on any atom is -0.204 e. The SMILES string of the molecule is CC1C=CC=C2C(c3cc(C#N)c(F)c(C#N)c3)=c3ccccc3=C(c3cccc4ccccc34)C21. The molecule has 0 saturated carbocycles. The van der Waals surface area contributed by atoms with Gasteiger partial charge in [-0.2, -0.15) is 10.5 Å². The molecule has 36 heavy (non-hydrogen) atoms. The maximum absolute atomic E-state index is 14.7. The molecule has 0 aromatic heterocycles. The molecule has 2 aliphatic carbocycles. The quantitative estimate of drug-likeness (QED) is 0.372. The van der Waals surface area contributed by atoms with E-state index in [9.17, 15) is 14.9 Å². The van der Waals surface area contributed by atoms with E-state index in [0.29, 0.717) is 5.56 Å². The second-order valence-electron chi connectivity index (χ2n) is 9.31. The van der Waals surface area contributed by atoms with Gasteiger partial charge in [-0.15, -0.1) is 0 Å². The van der Waals surface area contributed by atoms with Crippen molar-refractivity contribution < 1.29 is 4.39 Å². The van der Waals surface area contributed by atoms with Gasteiger partial charge in [0.2, 0.25) is 0 Å². The molecular formula is C33H21FN2. The van der Waals surface area contributed by atoms with Crippen LogP contribution < -0.4 is 10.4 Å². The Labute approximate surface area is 208 Å². The predicted molar refractivity (Wildman–Crippen MR) is 140 cm³/mol. The van der Waals surface area contributed by atoms with Crippen LogP contribution in [0.15, 0.2) is 103 Å². The number of nitrogens with zero attached hydrogens (tertiary/aromatic N) is 2. The molecule has 0 amide bonds. The molecule has 2 nitrogen and oxygen atoms in total. The van der Waals surface area contributed by atoms with Crippen LogP contribution in [0, 0.1) is 40.3 Å². The standard InChI is InChI=1S/C33H21FN2/c1-20-8-6-15-29-30(20)32(26-14-7-10-21-9-2-3-11-25(21)26)28-13-5-4-12-27(28)31(29)22-16-23(18-35)33(34)24(17-22)19-36/h2-17,20,30H,1H3. The summed E-state index contributed by atoms with van der Waals surface area (Å²) in [6.45, 7) is 2.22. The lowest BCUT2D eigenvalue weighted by Crippen LogP contribution is -2.39. The Morgan fingerprint density at radius 2 is 1.47 bits per heavy atom. The van der Waals surface area contributed by atoms with Crippen molar-refractivity contribution in [2.75, 3.05) is 0 Å². The average Bonchev–Trinajstić information content (AvgIpc) is 2.92. The van der Waals surface area contributed by atoms with Crippen molar-refractivity contribution in [2.24, 2.45) is 11.8 Å². The Morgan fingerprint density at radius 1 is 0.806 bits per heavy atom. The van der Waals surface area contributed by atoms with E-state index in [0.717, 1.165) is 21.6 Å². The Hall–Kier alpha value is -4.73. The molecule has 4 aromatic carbocycles. The molecule has 0 fully saturated rings. The van der Waals surface area contributed by atoms with Crippen LogP contribution in [-0.4, -0.2) is 0 Å². The summed E-state index contributed by atoms with van der Waals surface area (Å²) in [6, 6.07) is 30.2. The van der Waals surface area contributed by atoms with E-state index in [1.807, 2.05) is 24.3 Å². The Kier molecular flexibility index (Phi) is 5.14. The van der Waals surface area contributed by atoms with E-state index in [2.05, 4.69) is 79.7 Å². The summed E-state index contributed by atoms with van der Waals surface area (Å²) < 4.78 is 14.7. The number of hydrogen-bond donors (Lipinski definition) is 0. The molecule has 0 spiro atoms. The van der Waals surface area contributed by atoms with Crippen LogP contribution in [0.3, 0.4) is 0 Å². The summed E-state index contributed by atoms with van der Waals surface area (Å²) in [5, 5.41) is 23.7. The van der Waals surface area contributed by atoms with Crippen LogP contribution in [-0.2, 0) is 0 Å². The molecule has 2 atom stereocenters. The lowest BCUT2D eigenvalue weighted by atomic mass is 9.68. The van der Waals surface area contributed by atoms with Crippen LogP contribution in [0.5, 0.6) is 0 Å². The molecule has 170 valence electrons. The maximum Gasteiger partial charge on any atom is 0.158 e. The van der Waals surface area contributed by atoms with Crippen molar-refractivity contribution in [1.29, 1.82) is 10.5 Å². The summed E-state index contributed by atoms with van der Waals surface area (Å²) in [4.78, 5) is 0. The zero-order valence-corrected chi connectivity index (χ0v) is 19.7. The van der Waals surface area contributed by atoms with E-state index >= 15 is 0 Å². The van der Waals surface area contributed by atoms with E-state index in [4.69, 9.17) is 0 Å². The van der Waals surface area contributed by atoms with Crippen molar-refractivity contribution >= 4 is 21.9 Å². The average molecular weight is 465 g/mol. The number of rotatable bonds is 2. The van der Waals surface area contributed by atoms with Gasteiger partial charge in [0.1, 0.15) is 12.1 Å². The second-order valence-corrected chi connectivity index (χ2v) is 9.31. The first kappa shape index (κ1) is 21.8. The molecule has 3 heteroatoms. The monoisotopic (exact) mass is 464 g/mol. The summed E-state index contributed by atoms with van der Waals surface area (Å²) in [6.07, 6.45) is 6.42. The Morgan fingerprint density at radius 3 is 2.22 bits per heavy atom. The fourth-order valence-corrected chi connectivity index (χ4v) is 5.78. The summed E-state index contributed by atoms with van der Waals surface area (Å²) in [5.74, 6) is -0.487. The van der Waals surface area contributed by atoms with Gasteiger partial charge in [0.25, 0.3) is 0 Å². The van der Waals surface area contributed by atoms with Crippen LogP contribution in [0.1, 0.15) is 29.2 Å². The maximum atomic E-state index is 14.7. The van der Waals surface area contributed by atoms with Gasteiger partial charge in [0.05, 0.1) is 11.1 Å². The van der Waals surface area contributed by atoms with Gasteiger partial charge in [-0.1, -0.05) is 91.9 Å². The number of nitriles is 2. The van der Waals surface area contributed by atoms with E-state index < -0.39 is 5.82 Å². The van der Waals surface area contributed by atoms with Gasteiger partial charge < -0.3 is 0 Å². The second kappa shape index (κ2) is 8.49. The number of halogens is 1. The van der Waals surface area contributed by atoms with Gasteiger partial charge in [-0.25, -0.2) is 4.39 Å². The van der Waals surface area contributed by atoms with Crippen LogP contribution in [0.25, 0.3) is 21.9 Å². The molecule has 0 heterocycles. The van der Waals surface area contributed by atoms with Crippen molar-refractivity contribution in [1.82, 2.24) is 0 Å². The lowest BCUT2D eigenvalue weighted by molar-refractivity contribution is 0.597. The molecule has 2 unspecified atom stereocenters. The number of allylic oxidation sites excluding steroid dienone is 4. The van der Waals surface area contributed by atoms with Gasteiger partial charge in [0, 0.05) is 5.92 Å². The third kappa shape index (κ3) is 3.22. The van der Waals surface area contributed by atoms with E-state index in [-0.39, 0.29) is 23.0 Å². The highest BCUT2D eigenvalue weighted by atomic mass is 19.1. The van der Waals surface area contributed by atoms with Crippen molar-refractivity contribution in [2.45, 2.75) is 6.92 Å². The first-order chi connectivity index (χ1) is 17.6. The fraction of sp³-hybridized carbons (Fsp3) is 0.0909. The lowest BCUT2D eigenvalue weighted by Gasteiger charge is -2.35. The molecule has 0 bridgehead atoms. The number of hydrogen-bond acceptors (Lipinski definition) is 2. The summed E-state index contributed by atoms with van der Waals surface area (Å²) in [7, 11) is 0. The third-order valence-corrected chi connectivity index (χ3v) is 7.32. The first-order valence-electron chi connectivity index (χ1n) is 12.0. The van der Waals surface area contributed by atoms with Crippen molar-refractivity contribution in [3.8, 4) is 12.1 Å². The van der Waals surface area contributed by atoms with Crippen molar-refractivity contribution in [3.63, 3.8) is 0 Å². The molecule has 0 aliphatic heterocycles. The largest absolute Gasteiger partial charge is 0.204 e. The van der Waals surface area contributed by atoms with E-state index in [1.54, 1.807) is 12.1 Å². The molecule has 2 aliphatic rings. The Bertz CT molecular complexity index is 1800. The molecule has 0 radical (unpaired) electrons. The van der Waals surface area contributed by atoms with Crippen molar-refractivity contribution in [3.05, 3.63) is 141 Å². The molecule has 4 aromatic rings. The minimum absolute atomic E-state index is 0.0619. The highest BCUT2D eigenvalue weighted by molar-refractivity contribution is 5.98. The number of benzene rings is 4. The van der Waals surface area contributed by atoms with E-state index in [1.165, 1.54) is 21.9 Å². The van der Waals surface area contributed by atoms with Gasteiger partial charge in [-0.3, -0.25) is 0 Å². The predicted octanol–water partition coefficient (Wildman–Crippen LogP) is 5.88. The highest BCUT2D eigenvalue weighted by Crippen LogP contribution is 2.44. The number of fused-ring (bicyclic) bond motifs is 3. The molecule has 0 N–H and O–H groups in total.